The quantitative estimate of drug-likeness (QED) is 0.453. The molecule has 1 N–H and O–H groups in total. The van der Waals surface area contributed by atoms with Gasteiger partial charge in [0.25, 0.3) is 0 Å². The van der Waals surface area contributed by atoms with E-state index in [0.717, 1.165) is 33.8 Å². The first-order valence-electron chi connectivity index (χ1n) is 10.1. The van der Waals surface area contributed by atoms with E-state index in [1.807, 2.05) is 66.1 Å². The Morgan fingerprint density at radius 2 is 1.77 bits per heavy atom. The van der Waals surface area contributed by atoms with Gasteiger partial charge in [0, 0.05) is 11.8 Å². The second-order valence-corrected chi connectivity index (χ2v) is 7.39. The summed E-state index contributed by atoms with van der Waals surface area (Å²) < 4.78 is 1.96. The summed E-state index contributed by atoms with van der Waals surface area (Å²) in [6, 6.07) is 22.2. The zero-order chi connectivity index (χ0) is 21.2. The van der Waals surface area contributed by atoms with Crippen molar-refractivity contribution in [3.05, 3.63) is 90.5 Å². The van der Waals surface area contributed by atoms with Crippen LogP contribution in [0.2, 0.25) is 0 Å². The molecule has 0 radical (unpaired) electrons. The molecule has 1 atom stereocenters. The minimum Gasteiger partial charge on any atom is -0.348 e. The Kier molecular flexibility index (Phi) is 4.84. The van der Waals surface area contributed by atoms with Gasteiger partial charge in [-0.2, -0.15) is 15.2 Å². The van der Waals surface area contributed by atoms with Crippen molar-refractivity contribution in [3.8, 4) is 17.1 Å². The molecule has 0 amide bonds. The number of fused-ring (bicyclic) bond motifs is 1. The molecule has 5 aromatic rings. The number of benzene rings is 2. The van der Waals surface area contributed by atoms with Gasteiger partial charge in [0.05, 0.1) is 28.5 Å². The van der Waals surface area contributed by atoms with E-state index in [1.54, 1.807) is 12.5 Å². The summed E-state index contributed by atoms with van der Waals surface area (Å²) >= 11 is 0. The predicted octanol–water partition coefficient (Wildman–Crippen LogP) is 4.75. The van der Waals surface area contributed by atoms with E-state index < -0.39 is 0 Å². The Balaban J connectivity index is 1.44. The smallest absolute Gasteiger partial charge is 0.225 e. The van der Waals surface area contributed by atoms with Crippen LogP contribution in [0.4, 0.5) is 5.95 Å². The summed E-state index contributed by atoms with van der Waals surface area (Å²) in [5.74, 6) is 1.32. The third-order valence-electron chi connectivity index (χ3n) is 5.17. The van der Waals surface area contributed by atoms with Crippen LogP contribution >= 0.6 is 0 Å². The molecule has 0 aliphatic carbocycles. The summed E-state index contributed by atoms with van der Waals surface area (Å²) in [7, 11) is 0. The molecule has 3 heterocycles. The van der Waals surface area contributed by atoms with Gasteiger partial charge in [-0.3, -0.25) is 4.57 Å². The van der Waals surface area contributed by atoms with Crippen molar-refractivity contribution in [1.82, 2.24) is 29.7 Å². The van der Waals surface area contributed by atoms with E-state index >= 15 is 0 Å². The Labute approximate surface area is 179 Å². The molecule has 0 fully saturated rings. The summed E-state index contributed by atoms with van der Waals surface area (Å²) in [5.41, 5.74) is 5.70. The van der Waals surface area contributed by atoms with Gasteiger partial charge in [-0.1, -0.05) is 36.4 Å². The number of nitrogens with one attached hydrogen (secondary N) is 1. The van der Waals surface area contributed by atoms with Crippen molar-refractivity contribution >= 4 is 17.0 Å². The minimum absolute atomic E-state index is 0.0918. The number of anilines is 1. The molecular weight excluding hydrogens is 386 g/mol. The van der Waals surface area contributed by atoms with Crippen LogP contribution in [-0.2, 0) is 0 Å². The molecular formula is C24H21N7. The normalized spacial score (nSPS) is 12.1. The van der Waals surface area contributed by atoms with Gasteiger partial charge >= 0.3 is 0 Å². The molecule has 0 saturated carbocycles. The zero-order valence-corrected chi connectivity index (χ0v) is 17.3. The average Bonchev–Trinajstić information content (AvgIpc) is 3.24. The molecule has 5 rings (SSSR count). The maximum Gasteiger partial charge on any atom is 0.225 e. The van der Waals surface area contributed by atoms with Crippen LogP contribution in [-0.4, -0.2) is 29.7 Å². The van der Waals surface area contributed by atoms with E-state index in [9.17, 15) is 0 Å². The van der Waals surface area contributed by atoms with Crippen molar-refractivity contribution in [2.45, 2.75) is 19.9 Å². The monoisotopic (exact) mass is 407 g/mol. The lowest BCUT2D eigenvalue weighted by atomic mass is 10.1. The van der Waals surface area contributed by atoms with Crippen molar-refractivity contribution in [2.75, 3.05) is 5.32 Å². The fraction of sp³-hybridized carbons (Fsp3) is 0.125. The Bertz CT molecular complexity index is 1330. The molecule has 0 bridgehead atoms. The van der Waals surface area contributed by atoms with Crippen LogP contribution in [0.15, 0.2) is 79.3 Å². The standard InChI is InChI=1S/C24H21N7/c1-16-8-10-20(30-29-16)19-9-11-22-21(14-19)26-15-31(22)23-12-13-25-24(28-23)27-17(2)18-6-4-3-5-7-18/h3-15,17H,1-2H3,(H,25,27,28). The summed E-state index contributed by atoms with van der Waals surface area (Å²) in [5, 5.41) is 11.8. The molecule has 0 aliphatic heterocycles. The van der Waals surface area contributed by atoms with E-state index in [2.05, 4.69) is 44.5 Å². The van der Waals surface area contributed by atoms with Gasteiger partial charge in [-0.05, 0) is 49.7 Å². The Morgan fingerprint density at radius 1 is 0.903 bits per heavy atom. The molecule has 31 heavy (non-hydrogen) atoms. The molecule has 2 aromatic carbocycles. The van der Waals surface area contributed by atoms with Crippen LogP contribution in [0.1, 0.15) is 24.2 Å². The molecule has 7 heteroatoms. The first-order valence-corrected chi connectivity index (χ1v) is 10.1. The Morgan fingerprint density at radius 3 is 2.58 bits per heavy atom. The number of rotatable bonds is 5. The van der Waals surface area contributed by atoms with Gasteiger partial charge in [0.2, 0.25) is 5.95 Å². The first kappa shape index (κ1) is 18.9. The molecule has 7 nitrogen and oxygen atoms in total. The van der Waals surface area contributed by atoms with Gasteiger partial charge < -0.3 is 5.32 Å². The number of nitrogens with zero attached hydrogens (tertiary/aromatic N) is 6. The topological polar surface area (TPSA) is 81.4 Å². The highest BCUT2D eigenvalue weighted by Crippen LogP contribution is 2.24. The van der Waals surface area contributed by atoms with Crippen LogP contribution in [0, 0.1) is 6.92 Å². The van der Waals surface area contributed by atoms with E-state index in [4.69, 9.17) is 4.98 Å². The number of hydrogen-bond donors (Lipinski definition) is 1. The molecule has 0 spiro atoms. The number of aryl methyl sites for hydroxylation is 1. The van der Waals surface area contributed by atoms with Gasteiger partial charge in [-0.25, -0.2) is 9.97 Å². The lowest BCUT2D eigenvalue weighted by molar-refractivity contribution is 0.854. The van der Waals surface area contributed by atoms with Crippen LogP contribution in [0.25, 0.3) is 28.1 Å². The van der Waals surface area contributed by atoms with Crippen molar-refractivity contribution in [2.24, 2.45) is 0 Å². The molecule has 0 aliphatic rings. The van der Waals surface area contributed by atoms with Crippen molar-refractivity contribution in [1.29, 1.82) is 0 Å². The fourth-order valence-corrected chi connectivity index (χ4v) is 3.48. The second kappa shape index (κ2) is 7.95. The van der Waals surface area contributed by atoms with Crippen molar-refractivity contribution in [3.63, 3.8) is 0 Å². The lowest BCUT2D eigenvalue weighted by Gasteiger charge is -2.14. The van der Waals surface area contributed by atoms with E-state index in [0.29, 0.717) is 5.95 Å². The molecule has 1 unspecified atom stereocenters. The third kappa shape index (κ3) is 3.85. The third-order valence-corrected chi connectivity index (χ3v) is 5.17. The minimum atomic E-state index is 0.0918. The number of hydrogen-bond acceptors (Lipinski definition) is 6. The SMILES string of the molecule is Cc1ccc(-c2ccc3c(c2)ncn3-c2ccnc(NC(C)c3ccccc3)n2)nn1. The Hall–Kier alpha value is -4.13. The summed E-state index contributed by atoms with van der Waals surface area (Å²) in [6.07, 6.45) is 3.53. The molecule has 152 valence electrons. The highest BCUT2D eigenvalue weighted by atomic mass is 15.2. The molecule has 3 aromatic heterocycles. The predicted molar refractivity (Wildman–Crippen MR) is 121 cm³/mol. The number of imidazole rings is 1. The van der Waals surface area contributed by atoms with E-state index in [-0.39, 0.29) is 6.04 Å². The maximum atomic E-state index is 4.70. The van der Waals surface area contributed by atoms with Crippen LogP contribution in [0.5, 0.6) is 0 Å². The van der Waals surface area contributed by atoms with Gasteiger partial charge in [0.1, 0.15) is 12.1 Å². The fourth-order valence-electron chi connectivity index (χ4n) is 3.48. The van der Waals surface area contributed by atoms with Gasteiger partial charge in [-0.15, -0.1) is 0 Å². The van der Waals surface area contributed by atoms with Crippen LogP contribution in [0.3, 0.4) is 0 Å². The zero-order valence-electron chi connectivity index (χ0n) is 17.3. The first-order chi connectivity index (χ1) is 15.2. The summed E-state index contributed by atoms with van der Waals surface area (Å²) in [6.45, 7) is 4.01. The summed E-state index contributed by atoms with van der Waals surface area (Å²) in [4.78, 5) is 13.7. The second-order valence-electron chi connectivity index (χ2n) is 7.39. The average molecular weight is 407 g/mol. The largest absolute Gasteiger partial charge is 0.348 e. The number of aromatic nitrogens is 6. The lowest BCUT2D eigenvalue weighted by Crippen LogP contribution is -2.10. The highest BCUT2D eigenvalue weighted by molar-refractivity contribution is 5.82. The van der Waals surface area contributed by atoms with E-state index in [1.165, 1.54) is 5.56 Å². The van der Waals surface area contributed by atoms with Crippen molar-refractivity contribution < 1.29 is 0 Å². The molecule has 0 saturated heterocycles. The maximum absolute atomic E-state index is 4.70. The highest BCUT2D eigenvalue weighted by Gasteiger charge is 2.11. The van der Waals surface area contributed by atoms with Gasteiger partial charge in [0.15, 0.2) is 0 Å². The van der Waals surface area contributed by atoms with Crippen LogP contribution < -0.4 is 5.32 Å².